The number of halogens is 1. The van der Waals surface area contributed by atoms with E-state index in [1.54, 1.807) is 12.4 Å². The molecule has 0 bridgehead atoms. The van der Waals surface area contributed by atoms with Gasteiger partial charge >= 0.3 is 0 Å². The first kappa shape index (κ1) is 16.4. The van der Waals surface area contributed by atoms with Crippen molar-refractivity contribution < 1.29 is 0 Å². The van der Waals surface area contributed by atoms with Gasteiger partial charge in [0.15, 0.2) is 0 Å². The molecule has 3 atom stereocenters. The maximum atomic E-state index is 4.34. The normalized spacial score (nSPS) is 24.3. The minimum atomic E-state index is 0.413. The number of nitrogens with zero attached hydrogens (tertiary/aromatic N) is 2. The van der Waals surface area contributed by atoms with E-state index in [9.17, 15) is 0 Å². The summed E-state index contributed by atoms with van der Waals surface area (Å²) in [6, 6.07) is 12.2. The maximum Gasteiger partial charge on any atom is 0.222 e. The van der Waals surface area contributed by atoms with Gasteiger partial charge in [0.1, 0.15) is 0 Å². The molecule has 5 heteroatoms. The second-order valence-corrected chi connectivity index (χ2v) is 7.11. The molecule has 2 N–H and O–H groups in total. The van der Waals surface area contributed by atoms with E-state index < -0.39 is 0 Å². The number of anilines is 1. The van der Waals surface area contributed by atoms with Crippen LogP contribution in [0.25, 0.3) is 0 Å². The summed E-state index contributed by atoms with van der Waals surface area (Å²) >= 11 is 3.38. The Balaban J connectivity index is 1.64. The van der Waals surface area contributed by atoms with Gasteiger partial charge in [0, 0.05) is 30.5 Å². The monoisotopic (exact) mass is 374 g/mol. The zero-order chi connectivity index (χ0) is 16.1. The van der Waals surface area contributed by atoms with Crippen molar-refractivity contribution in [2.45, 2.75) is 50.7 Å². The van der Waals surface area contributed by atoms with E-state index in [0.29, 0.717) is 24.1 Å². The molecule has 0 amide bonds. The van der Waals surface area contributed by atoms with Crippen molar-refractivity contribution in [3.05, 3.63) is 52.8 Å². The first-order valence-electron chi connectivity index (χ1n) is 8.27. The van der Waals surface area contributed by atoms with Crippen molar-refractivity contribution in [2.75, 3.05) is 5.32 Å². The molecule has 2 heterocycles. The summed E-state index contributed by atoms with van der Waals surface area (Å²) in [6.45, 7) is 2.25. The van der Waals surface area contributed by atoms with Crippen molar-refractivity contribution in [2.24, 2.45) is 0 Å². The fourth-order valence-corrected chi connectivity index (χ4v) is 3.47. The predicted octanol–water partition coefficient (Wildman–Crippen LogP) is 3.79. The van der Waals surface area contributed by atoms with E-state index in [4.69, 9.17) is 0 Å². The van der Waals surface area contributed by atoms with Gasteiger partial charge in [-0.25, -0.2) is 9.97 Å². The summed E-state index contributed by atoms with van der Waals surface area (Å²) in [6.07, 6.45) is 7.98. The molecule has 0 aliphatic carbocycles. The van der Waals surface area contributed by atoms with Crippen LogP contribution in [0.1, 0.15) is 31.7 Å². The number of piperidine rings is 1. The third-order valence-corrected chi connectivity index (χ3v) is 4.79. The van der Waals surface area contributed by atoms with Gasteiger partial charge in [0.05, 0.1) is 4.47 Å². The minimum absolute atomic E-state index is 0.413. The summed E-state index contributed by atoms with van der Waals surface area (Å²) in [5, 5.41) is 7.29. The van der Waals surface area contributed by atoms with Crippen molar-refractivity contribution in [1.29, 1.82) is 0 Å². The lowest BCUT2D eigenvalue weighted by Crippen LogP contribution is -2.50. The molecule has 23 heavy (non-hydrogen) atoms. The minimum Gasteiger partial charge on any atom is -0.351 e. The van der Waals surface area contributed by atoms with Gasteiger partial charge in [-0.2, -0.15) is 0 Å². The first-order valence-corrected chi connectivity index (χ1v) is 9.06. The molecule has 1 aliphatic heterocycles. The largest absolute Gasteiger partial charge is 0.351 e. The fraction of sp³-hybridized carbons (Fsp3) is 0.444. The summed E-state index contributed by atoms with van der Waals surface area (Å²) in [5.41, 5.74) is 1.39. The molecule has 0 radical (unpaired) electrons. The van der Waals surface area contributed by atoms with Crippen LogP contribution in [-0.2, 0) is 6.42 Å². The SMILES string of the molecule is CCC1CC(Nc2ncc(Br)cn2)CC(Cc2ccccc2)N1. The molecule has 1 saturated heterocycles. The third kappa shape index (κ3) is 4.75. The van der Waals surface area contributed by atoms with E-state index >= 15 is 0 Å². The van der Waals surface area contributed by atoms with E-state index in [0.717, 1.165) is 30.2 Å². The molecule has 3 rings (SSSR count). The molecule has 4 nitrogen and oxygen atoms in total. The van der Waals surface area contributed by atoms with Crippen molar-refractivity contribution in [3.8, 4) is 0 Å². The zero-order valence-electron chi connectivity index (χ0n) is 13.4. The summed E-state index contributed by atoms with van der Waals surface area (Å²) in [4.78, 5) is 8.69. The summed E-state index contributed by atoms with van der Waals surface area (Å²) in [5.74, 6) is 0.716. The van der Waals surface area contributed by atoms with Gasteiger partial charge in [-0.1, -0.05) is 37.3 Å². The number of hydrogen-bond acceptors (Lipinski definition) is 4. The van der Waals surface area contributed by atoms with Gasteiger partial charge < -0.3 is 10.6 Å². The maximum absolute atomic E-state index is 4.34. The molecule has 1 aromatic heterocycles. The van der Waals surface area contributed by atoms with Crippen LogP contribution in [0.3, 0.4) is 0 Å². The van der Waals surface area contributed by atoms with Gasteiger partial charge in [0.25, 0.3) is 0 Å². The van der Waals surface area contributed by atoms with Gasteiger partial charge in [0.2, 0.25) is 5.95 Å². The predicted molar refractivity (Wildman–Crippen MR) is 97.5 cm³/mol. The van der Waals surface area contributed by atoms with Crippen molar-refractivity contribution >= 4 is 21.9 Å². The molecule has 1 aliphatic rings. The van der Waals surface area contributed by atoms with Gasteiger partial charge in [-0.3, -0.25) is 0 Å². The van der Waals surface area contributed by atoms with Gasteiger partial charge in [-0.05, 0) is 47.2 Å². The highest BCUT2D eigenvalue weighted by Gasteiger charge is 2.27. The Morgan fingerprint density at radius 2 is 1.83 bits per heavy atom. The molecular formula is C18H23BrN4. The van der Waals surface area contributed by atoms with Crippen LogP contribution in [0.5, 0.6) is 0 Å². The Morgan fingerprint density at radius 1 is 1.13 bits per heavy atom. The number of aromatic nitrogens is 2. The topological polar surface area (TPSA) is 49.8 Å². The average molecular weight is 375 g/mol. The number of nitrogens with one attached hydrogen (secondary N) is 2. The Hall–Kier alpha value is -1.46. The zero-order valence-corrected chi connectivity index (χ0v) is 15.0. The van der Waals surface area contributed by atoms with Crippen molar-refractivity contribution in [1.82, 2.24) is 15.3 Å². The van der Waals surface area contributed by atoms with Crippen LogP contribution in [-0.4, -0.2) is 28.1 Å². The number of benzene rings is 1. The Kier molecular flexibility index (Phi) is 5.62. The molecule has 0 spiro atoms. The lowest BCUT2D eigenvalue weighted by molar-refractivity contribution is 0.293. The van der Waals surface area contributed by atoms with Crippen LogP contribution in [0.2, 0.25) is 0 Å². The van der Waals surface area contributed by atoms with E-state index in [1.165, 1.54) is 5.56 Å². The Bertz CT molecular complexity index is 602. The third-order valence-electron chi connectivity index (χ3n) is 4.38. The summed E-state index contributed by atoms with van der Waals surface area (Å²) < 4.78 is 0.904. The second-order valence-electron chi connectivity index (χ2n) is 6.20. The van der Waals surface area contributed by atoms with E-state index in [1.807, 2.05) is 0 Å². The van der Waals surface area contributed by atoms with Crippen LogP contribution in [0.15, 0.2) is 47.2 Å². The molecule has 1 fully saturated rings. The average Bonchev–Trinajstić information content (AvgIpc) is 2.57. The molecule has 1 aromatic carbocycles. The molecular weight excluding hydrogens is 352 g/mol. The fourth-order valence-electron chi connectivity index (χ4n) is 3.27. The quantitative estimate of drug-likeness (QED) is 0.835. The second kappa shape index (κ2) is 7.88. The Labute approximate surface area is 146 Å². The summed E-state index contributed by atoms with van der Waals surface area (Å²) in [7, 11) is 0. The highest BCUT2D eigenvalue weighted by Crippen LogP contribution is 2.21. The van der Waals surface area contributed by atoms with Crippen molar-refractivity contribution in [3.63, 3.8) is 0 Å². The lowest BCUT2D eigenvalue weighted by Gasteiger charge is -2.36. The van der Waals surface area contributed by atoms with E-state index in [2.05, 4.69) is 73.8 Å². The van der Waals surface area contributed by atoms with Gasteiger partial charge in [-0.15, -0.1) is 0 Å². The number of hydrogen-bond donors (Lipinski definition) is 2. The first-order chi connectivity index (χ1) is 11.2. The Morgan fingerprint density at radius 3 is 2.52 bits per heavy atom. The molecule has 2 aromatic rings. The van der Waals surface area contributed by atoms with Crippen LogP contribution >= 0.6 is 15.9 Å². The molecule has 122 valence electrons. The standard InChI is InChI=1S/C18H23BrN4/c1-2-15-9-17(23-18-20-11-14(19)12-21-18)10-16(22-15)8-13-6-4-3-5-7-13/h3-7,11-12,15-17,22H,2,8-10H2,1H3,(H,20,21,23). The van der Waals surface area contributed by atoms with Crippen LogP contribution in [0, 0.1) is 0 Å². The highest BCUT2D eigenvalue weighted by molar-refractivity contribution is 9.10. The smallest absolute Gasteiger partial charge is 0.222 e. The van der Waals surface area contributed by atoms with Crippen LogP contribution < -0.4 is 10.6 Å². The molecule has 0 saturated carbocycles. The number of rotatable bonds is 5. The lowest BCUT2D eigenvalue weighted by atomic mass is 9.89. The molecule has 3 unspecified atom stereocenters. The van der Waals surface area contributed by atoms with Crippen LogP contribution in [0.4, 0.5) is 5.95 Å². The van der Waals surface area contributed by atoms with E-state index in [-0.39, 0.29) is 0 Å². The highest BCUT2D eigenvalue weighted by atomic mass is 79.9.